The molecule has 2 aliphatic rings. The predicted molar refractivity (Wildman–Crippen MR) is 128 cm³/mol. The number of sulfonamides is 1. The molecule has 2 amide bonds. The smallest absolute Gasteiger partial charge is 0.261 e. The SMILES string of the molecule is CCOc1ccc(S(=O)(=O)N(CC)CC)cc1NC(=O)[C@@]12CCC(=O)N1c1ccccc1S2. The number of anilines is 2. The number of nitrogens with one attached hydrogen (secondary N) is 1. The van der Waals surface area contributed by atoms with E-state index >= 15 is 0 Å². The molecule has 176 valence electrons. The summed E-state index contributed by atoms with van der Waals surface area (Å²) in [7, 11) is -3.73. The Balaban J connectivity index is 1.71. The Bertz CT molecular complexity index is 1200. The summed E-state index contributed by atoms with van der Waals surface area (Å²) >= 11 is 1.35. The second-order valence-electron chi connectivity index (χ2n) is 7.72. The summed E-state index contributed by atoms with van der Waals surface area (Å²) in [5.41, 5.74) is 0.989. The molecule has 0 aromatic heterocycles. The summed E-state index contributed by atoms with van der Waals surface area (Å²) in [4.78, 5) is 27.7. The molecule has 2 aliphatic heterocycles. The Hall–Kier alpha value is -2.56. The Morgan fingerprint density at radius 1 is 1.18 bits per heavy atom. The number of para-hydroxylation sites is 1. The molecule has 4 rings (SSSR count). The lowest BCUT2D eigenvalue weighted by molar-refractivity contribution is -0.121. The van der Waals surface area contributed by atoms with Crippen LogP contribution in [0.3, 0.4) is 0 Å². The van der Waals surface area contributed by atoms with Gasteiger partial charge in [-0.2, -0.15) is 4.31 Å². The second-order valence-corrected chi connectivity index (χ2v) is 11.0. The van der Waals surface area contributed by atoms with Crippen molar-refractivity contribution in [3.8, 4) is 5.75 Å². The van der Waals surface area contributed by atoms with Gasteiger partial charge in [-0.1, -0.05) is 37.7 Å². The largest absolute Gasteiger partial charge is 0.492 e. The van der Waals surface area contributed by atoms with Gasteiger partial charge in [-0.15, -0.1) is 0 Å². The molecule has 0 bridgehead atoms. The minimum atomic E-state index is -3.73. The van der Waals surface area contributed by atoms with Gasteiger partial charge < -0.3 is 10.1 Å². The first-order valence-electron chi connectivity index (χ1n) is 11.0. The first-order chi connectivity index (χ1) is 15.8. The van der Waals surface area contributed by atoms with Crippen molar-refractivity contribution in [1.29, 1.82) is 0 Å². The van der Waals surface area contributed by atoms with E-state index in [0.29, 0.717) is 31.9 Å². The van der Waals surface area contributed by atoms with Crippen molar-refractivity contribution in [2.45, 2.75) is 48.3 Å². The molecule has 10 heteroatoms. The maximum atomic E-state index is 13.7. The van der Waals surface area contributed by atoms with Crippen LogP contribution >= 0.6 is 11.8 Å². The van der Waals surface area contributed by atoms with Gasteiger partial charge in [-0.25, -0.2) is 8.42 Å². The number of amides is 2. The van der Waals surface area contributed by atoms with E-state index in [1.807, 2.05) is 31.2 Å². The van der Waals surface area contributed by atoms with Gasteiger partial charge in [0, 0.05) is 24.4 Å². The third kappa shape index (κ3) is 3.89. The van der Waals surface area contributed by atoms with E-state index in [1.165, 1.54) is 28.2 Å². The Morgan fingerprint density at radius 2 is 1.91 bits per heavy atom. The number of ether oxygens (including phenoxy) is 1. The normalized spacial score (nSPS) is 19.5. The highest BCUT2D eigenvalue weighted by molar-refractivity contribution is 8.02. The number of fused-ring (bicyclic) bond motifs is 3. The first kappa shape index (κ1) is 23.6. The van der Waals surface area contributed by atoms with Crippen molar-refractivity contribution >= 4 is 45.0 Å². The van der Waals surface area contributed by atoms with Gasteiger partial charge in [-0.05, 0) is 43.7 Å². The Kier molecular flexibility index (Phi) is 6.43. The highest BCUT2D eigenvalue weighted by Crippen LogP contribution is 2.56. The second kappa shape index (κ2) is 9.00. The average Bonchev–Trinajstić information content (AvgIpc) is 3.31. The molecule has 33 heavy (non-hydrogen) atoms. The first-order valence-corrected chi connectivity index (χ1v) is 13.2. The minimum Gasteiger partial charge on any atom is -0.492 e. The number of hydrogen-bond donors (Lipinski definition) is 1. The van der Waals surface area contributed by atoms with E-state index in [9.17, 15) is 18.0 Å². The van der Waals surface area contributed by atoms with Crippen LogP contribution in [0, 0.1) is 0 Å². The van der Waals surface area contributed by atoms with Gasteiger partial charge >= 0.3 is 0 Å². The Labute approximate surface area is 198 Å². The van der Waals surface area contributed by atoms with Gasteiger partial charge in [0.2, 0.25) is 15.9 Å². The molecule has 1 fully saturated rings. The van der Waals surface area contributed by atoms with Crippen LogP contribution in [0.25, 0.3) is 0 Å². The number of carbonyl (C=O) groups is 2. The van der Waals surface area contributed by atoms with Gasteiger partial charge in [0.1, 0.15) is 5.75 Å². The zero-order chi connectivity index (χ0) is 23.8. The highest BCUT2D eigenvalue weighted by Gasteiger charge is 2.57. The summed E-state index contributed by atoms with van der Waals surface area (Å²) in [6.45, 7) is 6.38. The molecule has 1 saturated heterocycles. The Morgan fingerprint density at radius 3 is 2.61 bits per heavy atom. The molecule has 0 spiro atoms. The minimum absolute atomic E-state index is 0.0733. The monoisotopic (exact) mass is 489 g/mol. The predicted octanol–water partition coefficient (Wildman–Crippen LogP) is 3.68. The molecule has 2 heterocycles. The number of rotatable bonds is 8. The zero-order valence-electron chi connectivity index (χ0n) is 18.8. The van der Waals surface area contributed by atoms with Gasteiger partial charge in [0.25, 0.3) is 5.91 Å². The lowest BCUT2D eigenvalue weighted by Crippen LogP contribution is -2.49. The van der Waals surface area contributed by atoms with E-state index in [1.54, 1.807) is 24.8 Å². The van der Waals surface area contributed by atoms with Crippen LogP contribution < -0.4 is 15.0 Å². The lowest BCUT2D eigenvalue weighted by atomic mass is 10.1. The third-order valence-corrected chi connectivity index (χ3v) is 9.39. The van der Waals surface area contributed by atoms with Gasteiger partial charge in [0.15, 0.2) is 4.87 Å². The summed E-state index contributed by atoms with van der Waals surface area (Å²) in [6.07, 6.45) is 0.627. The van der Waals surface area contributed by atoms with Gasteiger partial charge in [-0.3, -0.25) is 14.5 Å². The van der Waals surface area contributed by atoms with Crippen molar-refractivity contribution in [2.75, 3.05) is 29.9 Å². The number of nitrogens with zero attached hydrogens (tertiary/aromatic N) is 2. The number of carbonyl (C=O) groups excluding carboxylic acids is 2. The van der Waals surface area contributed by atoms with Crippen molar-refractivity contribution in [2.24, 2.45) is 0 Å². The standard InChI is InChI=1S/C23H27N3O5S2/c1-4-25(5-2)33(29,30)16-11-12-19(31-6-3)17(15-16)24-22(28)23-14-13-21(27)26(23)18-9-7-8-10-20(18)32-23/h7-12,15H,4-6,13-14H2,1-3H3,(H,24,28)/t23-/m0/s1. The lowest BCUT2D eigenvalue weighted by Gasteiger charge is -2.30. The molecule has 0 saturated carbocycles. The maximum absolute atomic E-state index is 13.7. The molecule has 1 atom stereocenters. The molecule has 2 aromatic carbocycles. The zero-order valence-corrected chi connectivity index (χ0v) is 20.5. The summed E-state index contributed by atoms with van der Waals surface area (Å²) in [5, 5.41) is 2.88. The summed E-state index contributed by atoms with van der Waals surface area (Å²) in [5.74, 6) is -0.115. The van der Waals surface area contributed by atoms with Crippen molar-refractivity contribution in [1.82, 2.24) is 4.31 Å². The van der Waals surface area contributed by atoms with Crippen LogP contribution in [0.1, 0.15) is 33.6 Å². The topological polar surface area (TPSA) is 96.0 Å². The van der Waals surface area contributed by atoms with Crippen LogP contribution in [0.15, 0.2) is 52.3 Å². The number of benzene rings is 2. The van der Waals surface area contributed by atoms with Crippen LogP contribution in [-0.4, -0.2) is 49.1 Å². The van der Waals surface area contributed by atoms with Crippen molar-refractivity contribution < 1.29 is 22.7 Å². The summed E-state index contributed by atoms with van der Waals surface area (Å²) in [6, 6.07) is 11.9. The van der Waals surface area contributed by atoms with Crippen LogP contribution in [0.4, 0.5) is 11.4 Å². The van der Waals surface area contributed by atoms with Crippen LogP contribution in [0.5, 0.6) is 5.75 Å². The van der Waals surface area contributed by atoms with Crippen LogP contribution in [0.2, 0.25) is 0 Å². The highest BCUT2D eigenvalue weighted by atomic mass is 32.2. The quantitative estimate of drug-likeness (QED) is 0.608. The molecule has 8 nitrogen and oxygen atoms in total. The van der Waals surface area contributed by atoms with Gasteiger partial charge in [0.05, 0.1) is 22.9 Å². The fraction of sp³-hybridized carbons (Fsp3) is 0.391. The van der Waals surface area contributed by atoms with Crippen molar-refractivity contribution in [3.05, 3.63) is 42.5 Å². The van der Waals surface area contributed by atoms with E-state index in [4.69, 9.17) is 4.74 Å². The van der Waals surface area contributed by atoms with E-state index in [-0.39, 0.29) is 28.8 Å². The van der Waals surface area contributed by atoms with E-state index < -0.39 is 14.9 Å². The molecule has 2 aromatic rings. The fourth-order valence-corrected chi connectivity index (χ4v) is 7.18. The number of hydrogen-bond acceptors (Lipinski definition) is 6. The molecule has 1 N–H and O–H groups in total. The molecular weight excluding hydrogens is 462 g/mol. The molecule has 0 unspecified atom stereocenters. The van der Waals surface area contributed by atoms with Crippen LogP contribution in [-0.2, 0) is 19.6 Å². The molecule has 0 radical (unpaired) electrons. The average molecular weight is 490 g/mol. The summed E-state index contributed by atoms with van der Waals surface area (Å²) < 4.78 is 33.1. The maximum Gasteiger partial charge on any atom is 0.261 e. The van der Waals surface area contributed by atoms with E-state index in [0.717, 1.165) is 10.6 Å². The molecule has 0 aliphatic carbocycles. The van der Waals surface area contributed by atoms with Crippen molar-refractivity contribution in [3.63, 3.8) is 0 Å². The molecular formula is C23H27N3O5S2. The third-order valence-electron chi connectivity index (χ3n) is 5.87. The van der Waals surface area contributed by atoms with E-state index in [2.05, 4.69) is 5.32 Å². The fourth-order valence-electron chi connectivity index (χ4n) is 4.28. The number of thioether (sulfide) groups is 1.